The van der Waals surface area contributed by atoms with Crippen LogP contribution in [0.25, 0.3) is 11.4 Å². The molecule has 0 aliphatic carbocycles. The number of rotatable bonds is 10. The molecule has 1 unspecified atom stereocenters. The summed E-state index contributed by atoms with van der Waals surface area (Å²) in [5.74, 6) is 1.37. The quantitative estimate of drug-likeness (QED) is 0.409. The number of anilines is 1. The summed E-state index contributed by atoms with van der Waals surface area (Å²) in [4.78, 5) is 24.5. The minimum atomic E-state index is -0.0679. The molecule has 2 aliphatic heterocycles. The second-order valence-electron chi connectivity index (χ2n) is 10.2. The first-order chi connectivity index (χ1) is 18.7. The predicted octanol–water partition coefficient (Wildman–Crippen LogP) is 3.29. The molecule has 2 aliphatic rings. The SMILES string of the molecule is COc1ccc(-c2noc(N3CCCC(C(=O)NCCCN4CCN(Cc5ccccc5)CC4)C3)n2)cc1. The van der Waals surface area contributed by atoms with E-state index in [1.54, 1.807) is 7.11 Å². The van der Waals surface area contributed by atoms with Crippen LogP contribution in [0.1, 0.15) is 24.8 Å². The number of nitrogens with zero attached hydrogens (tertiary/aromatic N) is 5. The summed E-state index contributed by atoms with van der Waals surface area (Å²) < 4.78 is 10.8. The zero-order valence-corrected chi connectivity index (χ0v) is 22.2. The van der Waals surface area contributed by atoms with Gasteiger partial charge in [-0.2, -0.15) is 4.98 Å². The Balaban J connectivity index is 1.01. The number of amides is 1. The monoisotopic (exact) mass is 518 g/mol. The van der Waals surface area contributed by atoms with Crippen molar-refractivity contribution in [1.82, 2.24) is 25.3 Å². The van der Waals surface area contributed by atoms with Gasteiger partial charge in [0.25, 0.3) is 0 Å². The molecule has 0 spiro atoms. The van der Waals surface area contributed by atoms with E-state index < -0.39 is 0 Å². The topological polar surface area (TPSA) is 87.0 Å². The van der Waals surface area contributed by atoms with E-state index in [1.165, 1.54) is 5.56 Å². The van der Waals surface area contributed by atoms with Gasteiger partial charge in [-0.15, -0.1) is 0 Å². The lowest BCUT2D eigenvalue weighted by Gasteiger charge is -2.34. The second-order valence-corrected chi connectivity index (χ2v) is 10.2. The van der Waals surface area contributed by atoms with Crippen molar-refractivity contribution in [3.63, 3.8) is 0 Å². The van der Waals surface area contributed by atoms with E-state index in [9.17, 15) is 4.79 Å². The molecule has 1 atom stereocenters. The van der Waals surface area contributed by atoms with E-state index in [4.69, 9.17) is 9.26 Å². The van der Waals surface area contributed by atoms with Gasteiger partial charge >= 0.3 is 6.01 Å². The minimum absolute atomic E-state index is 0.0679. The number of piperazine rings is 1. The Labute approximate surface area is 224 Å². The molecule has 3 heterocycles. The van der Waals surface area contributed by atoms with E-state index in [0.717, 1.165) is 76.4 Å². The lowest BCUT2D eigenvalue weighted by molar-refractivity contribution is -0.125. The molecule has 9 nitrogen and oxygen atoms in total. The molecule has 2 aromatic carbocycles. The number of aromatic nitrogens is 2. The van der Waals surface area contributed by atoms with Crippen molar-refractivity contribution in [2.24, 2.45) is 5.92 Å². The van der Waals surface area contributed by atoms with Gasteiger partial charge in [-0.1, -0.05) is 35.5 Å². The third-order valence-corrected chi connectivity index (χ3v) is 7.49. The first-order valence-electron chi connectivity index (χ1n) is 13.7. The normalized spacial score (nSPS) is 18.9. The molecule has 1 amide bonds. The third-order valence-electron chi connectivity index (χ3n) is 7.49. The number of carbonyl (C=O) groups excluding carboxylic acids is 1. The van der Waals surface area contributed by atoms with Gasteiger partial charge in [-0.05, 0) is 55.6 Å². The van der Waals surface area contributed by atoms with Crippen molar-refractivity contribution in [3.8, 4) is 17.1 Å². The Morgan fingerprint density at radius 2 is 1.79 bits per heavy atom. The van der Waals surface area contributed by atoms with Gasteiger partial charge in [0.1, 0.15) is 5.75 Å². The third kappa shape index (κ3) is 6.90. The van der Waals surface area contributed by atoms with E-state index in [1.807, 2.05) is 29.2 Å². The maximum atomic E-state index is 12.9. The van der Waals surface area contributed by atoms with Crippen molar-refractivity contribution in [2.75, 3.05) is 64.4 Å². The van der Waals surface area contributed by atoms with Gasteiger partial charge in [0, 0.05) is 57.9 Å². The van der Waals surface area contributed by atoms with E-state index in [-0.39, 0.29) is 11.8 Å². The van der Waals surface area contributed by atoms with Gasteiger partial charge in [0.2, 0.25) is 11.7 Å². The molecule has 38 heavy (non-hydrogen) atoms. The van der Waals surface area contributed by atoms with Crippen LogP contribution in [-0.4, -0.2) is 85.3 Å². The summed E-state index contributed by atoms with van der Waals surface area (Å²) in [7, 11) is 1.64. The standard InChI is InChI=1S/C29H38N6O3/c1-37-26-12-10-24(11-13-26)27-31-29(38-32-27)35-16-5-9-25(22-35)28(36)30-14-6-15-33-17-19-34(20-18-33)21-23-7-3-2-4-8-23/h2-4,7-8,10-13,25H,5-6,9,14-22H2,1H3,(H,30,36). The number of hydrogen-bond acceptors (Lipinski definition) is 8. The van der Waals surface area contributed by atoms with Crippen LogP contribution in [-0.2, 0) is 11.3 Å². The average molecular weight is 519 g/mol. The first-order valence-corrected chi connectivity index (χ1v) is 13.7. The van der Waals surface area contributed by atoms with Crippen molar-refractivity contribution >= 4 is 11.9 Å². The fraction of sp³-hybridized carbons (Fsp3) is 0.483. The number of benzene rings is 2. The highest BCUT2D eigenvalue weighted by molar-refractivity contribution is 5.79. The Kier molecular flexibility index (Phi) is 8.88. The van der Waals surface area contributed by atoms with Crippen LogP contribution < -0.4 is 15.0 Å². The molecule has 9 heteroatoms. The maximum absolute atomic E-state index is 12.9. The molecule has 2 saturated heterocycles. The predicted molar refractivity (Wildman–Crippen MR) is 147 cm³/mol. The molecule has 0 bridgehead atoms. The molecular weight excluding hydrogens is 480 g/mol. The summed E-state index contributed by atoms with van der Waals surface area (Å²) in [5, 5.41) is 7.31. The van der Waals surface area contributed by atoms with E-state index >= 15 is 0 Å². The molecule has 5 rings (SSSR count). The van der Waals surface area contributed by atoms with Crippen LogP contribution in [0, 0.1) is 5.92 Å². The molecule has 202 valence electrons. The maximum Gasteiger partial charge on any atom is 0.324 e. The summed E-state index contributed by atoms with van der Waals surface area (Å²) >= 11 is 0. The largest absolute Gasteiger partial charge is 0.497 e. The highest BCUT2D eigenvalue weighted by Crippen LogP contribution is 2.26. The Morgan fingerprint density at radius 1 is 1.03 bits per heavy atom. The number of nitrogens with one attached hydrogen (secondary N) is 1. The van der Waals surface area contributed by atoms with Crippen LogP contribution in [0.15, 0.2) is 59.1 Å². The van der Waals surface area contributed by atoms with Crippen molar-refractivity contribution in [1.29, 1.82) is 0 Å². The van der Waals surface area contributed by atoms with Crippen molar-refractivity contribution < 1.29 is 14.1 Å². The van der Waals surface area contributed by atoms with Gasteiger partial charge < -0.3 is 24.4 Å². The first kappa shape index (κ1) is 26.2. The van der Waals surface area contributed by atoms with E-state index in [2.05, 4.69) is 55.6 Å². The highest BCUT2D eigenvalue weighted by Gasteiger charge is 2.28. The second kappa shape index (κ2) is 12.9. The zero-order valence-electron chi connectivity index (χ0n) is 22.2. The number of carbonyl (C=O) groups is 1. The summed E-state index contributed by atoms with van der Waals surface area (Å²) in [6.07, 6.45) is 2.77. The number of piperidine rings is 1. The van der Waals surface area contributed by atoms with Gasteiger partial charge in [-0.25, -0.2) is 0 Å². The number of hydrogen-bond donors (Lipinski definition) is 1. The average Bonchev–Trinajstić information content (AvgIpc) is 3.47. The van der Waals surface area contributed by atoms with Crippen molar-refractivity contribution in [2.45, 2.75) is 25.8 Å². The molecule has 3 aromatic rings. The molecule has 2 fully saturated rings. The van der Waals surface area contributed by atoms with Gasteiger partial charge in [0.05, 0.1) is 13.0 Å². The number of ether oxygens (including phenoxy) is 1. The minimum Gasteiger partial charge on any atom is -0.497 e. The lowest BCUT2D eigenvalue weighted by atomic mass is 9.97. The lowest BCUT2D eigenvalue weighted by Crippen LogP contribution is -2.47. The molecule has 1 aromatic heterocycles. The van der Waals surface area contributed by atoms with Crippen LogP contribution in [0.5, 0.6) is 5.75 Å². The Hall–Kier alpha value is -3.43. The molecule has 0 saturated carbocycles. The fourth-order valence-electron chi connectivity index (χ4n) is 5.24. The van der Waals surface area contributed by atoms with Gasteiger partial charge in [-0.3, -0.25) is 9.69 Å². The molecular formula is C29H38N6O3. The van der Waals surface area contributed by atoms with Crippen LogP contribution in [0.3, 0.4) is 0 Å². The fourth-order valence-corrected chi connectivity index (χ4v) is 5.24. The number of methoxy groups -OCH3 is 1. The summed E-state index contributed by atoms with van der Waals surface area (Å²) in [6, 6.07) is 18.7. The summed E-state index contributed by atoms with van der Waals surface area (Å²) in [5.41, 5.74) is 2.24. The Morgan fingerprint density at radius 3 is 2.55 bits per heavy atom. The van der Waals surface area contributed by atoms with Gasteiger partial charge in [0.15, 0.2) is 0 Å². The van der Waals surface area contributed by atoms with Crippen LogP contribution in [0.4, 0.5) is 6.01 Å². The Bertz CT molecular complexity index is 1140. The van der Waals surface area contributed by atoms with Crippen LogP contribution >= 0.6 is 0 Å². The highest BCUT2D eigenvalue weighted by atomic mass is 16.5. The van der Waals surface area contributed by atoms with E-state index in [0.29, 0.717) is 24.9 Å². The zero-order chi connectivity index (χ0) is 26.2. The van der Waals surface area contributed by atoms with Crippen LogP contribution in [0.2, 0.25) is 0 Å². The molecule has 0 radical (unpaired) electrons. The smallest absolute Gasteiger partial charge is 0.324 e. The molecule has 1 N–H and O–H groups in total. The van der Waals surface area contributed by atoms with Crippen molar-refractivity contribution in [3.05, 3.63) is 60.2 Å². The summed E-state index contributed by atoms with van der Waals surface area (Å²) in [6.45, 7) is 8.51.